The topological polar surface area (TPSA) is 72.3 Å². The molecule has 1 aromatic rings. The second-order valence-electron chi connectivity index (χ2n) is 3.50. The summed E-state index contributed by atoms with van der Waals surface area (Å²) < 4.78 is 0. The quantitative estimate of drug-likeness (QED) is 0.488. The van der Waals surface area contributed by atoms with Crippen molar-refractivity contribution in [2.75, 3.05) is 7.05 Å². The molecule has 0 spiro atoms. The van der Waals surface area contributed by atoms with E-state index in [9.17, 15) is 4.79 Å². The number of halogens is 2. The van der Waals surface area contributed by atoms with Crippen LogP contribution in [-0.4, -0.2) is 24.0 Å². The van der Waals surface area contributed by atoms with Crippen LogP contribution in [0.15, 0.2) is 18.2 Å². The molecular weight excluding hydrogens is 249 g/mol. The van der Waals surface area contributed by atoms with Gasteiger partial charge in [0.15, 0.2) is 0 Å². The number of hydrazine groups is 1. The molecule has 16 heavy (non-hydrogen) atoms. The Labute approximate surface area is 104 Å². The highest BCUT2D eigenvalue weighted by atomic mass is 35.5. The van der Waals surface area contributed by atoms with Gasteiger partial charge >= 0.3 is 0 Å². The Bertz CT molecular complexity index is 396. The van der Waals surface area contributed by atoms with Crippen molar-refractivity contribution in [2.24, 2.45) is 11.6 Å². The van der Waals surface area contributed by atoms with Crippen molar-refractivity contribution in [3.63, 3.8) is 0 Å². The Kier molecular flexibility index (Phi) is 4.56. The third-order valence-electron chi connectivity index (χ3n) is 2.12. The van der Waals surface area contributed by atoms with Gasteiger partial charge in [0.2, 0.25) is 0 Å². The fourth-order valence-corrected chi connectivity index (χ4v) is 1.76. The minimum atomic E-state index is -0.700. The predicted molar refractivity (Wildman–Crippen MR) is 65.1 cm³/mol. The molecule has 1 rings (SSSR count). The lowest BCUT2D eigenvalue weighted by atomic mass is 10.1. The van der Waals surface area contributed by atoms with Crippen molar-refractivity contribution < 1.29 is 4.79 Å². The number of nitrogens with zero attached hydrogens (tertiary/aromatic N) is 1. The molecule has 1 aromatic carbocycles. The summed E-state index contributed by atoms with van der Waals surface area (Å²) in [5.74, 6) is 4.96. The number of carbonyl (C=O) groups excluding carboxylic acids is 1. The minimum absolute atomic E-state index is 0.330. The Morgan fingerprint density at radius 2 is 2.12 bits per heavy atom. The molecule has 0 aliphatic heterocycles. The van der Waals surface area contributed by atoms with Crippen LogP contribution in [0.4, 0.5) is 0 Å². The molecule has 0 heterocycles. The van der Waals surface area contributed by atoms with Crippen molar-refractivity contribution in [1.82, 2.24) is 5.01 Å². The van der Waals surface area contributed by atoms with Gasteiger partial charge in [0.05, 0.1) is 6.04 Å². The number of amides is 1. The molecule has 0 saturated carbocycles. The lowest BCUT2D eigenvalue weighted by Gasteiger charge is -2.16. The van der Waals surface area contributed by atoms with Gasteiger partial charge in [0.1, 0.15) is 0 Å². The first kappa shape index (κ1) is 13.3. The molecule has 0 saturated heterocycles. The van der Waals surface area contributed by atoms with Crippen molar-refractivity contribution >= 4 is 29.1 Å². The van der Waals surface area contributed by atoms with Crippen molar-refractivity contribution in [1.29, 1.82) is 0 Å². The second kappa shape index (κ2) is 5.50. The molecule has 1 atom stereocenters. The Balaban J connectivity index is 2.77. The summed E-state index contributed by atoms with van der Waals surface area (Å²) in [5, 5.41) is 2.01. The van der Waals surface area contributed by atoms with Crippen LogP contribution in [0.1, 0.15) is 5.56 Å². The fraction of sp³-hybridized carbons (Fsp3) is 0.300. The first-order chi connectivity index (χ1) is 7.41. The fourth-order valence-electron chi connectivity index (χ4n) is 1.27. The predicted octanol–water partition coefficient (Wildman–Crippen LogP) is 1.20. The summed E-state index contributed by atoms with van der Waals surface area (Å²) in [4.78, 5) is 11.4. The van der Waals surface area contributed by atoms with Crippen LogP contribution in [0.3, 0.4) is 0 Å². The molecule has 1 amide bonds. The van der Waals surface area contributed by atoms with E-state index in [2.05, 4.69) is 0 Å². The summed E-state index contributed by atoms with van der Waals surface area (Å²) in [6.07, 6.45) is 0.330. The zero-order chi connectivity index (χ0) is 12.3. The number of hydrogen-bond acceptors (Lipinski definition) is 3. The van der Waals surface area contributed by atoms with Crippen LogP contribution in [-0.2, 0) is 11.2 Å². The largest absolute Gasteiger partial charge is 0.320 e. The highest BCUT2D eigenvalue weighted by Crippen LogP contribution is 2.21. The molecule has 1 unspecified atom stereocenters. The lowest BCUT2D eigenvalue weighted by molar-refractivity contribution is -0.131. The monoisotopic (exact) mass is 261 g/mol. The standard InChI is InChI=1S/C10H13Cl2N3O/c1-15(14)10(16)9(13)4-6-2-3-7(11)5-8(6)12/h2-3,5,9H,4,13-14H2,1H3. The maximum Gasteiger partial charge on any atom is 0.253 e. The third kappa shape index (κ3) is 3.35. The first-order valence-electron chi connectivity index (χ1n) is 4.63. The van der Waals surface area contributed by atoms with Crippen LogP contribution in [0, 0.1) is 0 Å². The van der Waals surface area contributed by atoms with E-state index in [1.165, 1.54) is 7.05 Å². The van der Waals surface area contributed by atoms with Gasteiger partial charge in [0, 0.05) is 17.1 Å². The average Bonchev–Trinajstić information content (AvgIpc) is 2.20. The van der Waals surface area contributed by atoms with Gasteiger partial charge in [-0.25, -0.2) is 5.84 Å². The van der Waals surface area contributed by atoms with E-state index in [1.54, 1.807) is 18.2 Å². The smallest absolute Gasteiger partial charge is 0.253 e. The van der Waals surface area contributed by atoms with E-state index in [4.69, 9.17) is 34.8 Å². The molecule has 0 aliphatic rings. The SMILES string of the molecule is CN(N)C(=O)C(N)Cc1ccc(Cl)cc1Cl. The highest BCUT2D eigenvalue weighted by molar-refractivity contribution is 6.35. The van der Waals surface area contributed by atoms with Crippen molar-refractivity contribution in [3.8, 4) is 0 Å². The molecule has 0 aromatic heterocycles. The molecule has 0 fully saturated rings. The molecule has 4 N–H and O–H groups in total. The van der Waals surface area contributed by atoms with E-state index in [-0.39, 0.29) is 5.91 Å². The first-order valence-corrected chi connectivity index (χ1v) is 5.39. The van der Waals surface area contributed by atoms with Crippen LogP contribution < -0.4 is 11.6 Å². The summed E-state index contributed by atoms with van der Waals surface area (Å²) in [6, 6.07) is 4.36. The normalized spacial score (nSPS) is 12.3. The van der Waals surface area contributed by atoms with E-state index in [0.29, 0.717) is 16.5 Å². The lowest BCUT2D eigenvalue weighted by Crippen LogP contribution is -2.46. The van der Waals surface area contributed by atoms with Crippen molar-refractivity contribution in [3.05, 3.63) is 33.8 Å². The zero-order valence-electron chi connectivity index (χ0n) is 8.78. The van der Waals surface area contributed by atoms with E-state index in [0.717, 1.165) is 10.6 Å². The van der Waals surface area contributed by atoms with Gasteiger partial charge in [0.25, 0.3) is 5.91 Å². The Morgan fingerprint density at radius 3 is 2.62 bits per heavy atom. The molecule has 6 heteroatoms. The Hall–Kier alpha value is -0.810. The zero-order valence-corrected chi connectivity index (χ0v) is 10.3. The van der Waals surface area contributed by atoms with Gasteiger partial charge in [-0.15, -0.1) is 0 Å². The number of rotatable bonds is 3. The number of nitrogens with two attached hydrogens (primary N) is 2. The second-order valence-corrected chi connectivity index (χ2v) is 4.34. The van der Waals surface area contributed by atoms with Gasteiger partial charge in [-0.1, -0.05) is 29.3 Å². The molecule has 4 nitrogen and oxygen atoms in total. The number of benzene rings is 1. The third-order valence-corrected chi connectivity index (χ3v) is 2.71. The van der Waals surface area contributed by atoms with Crippen LogP contribution in [0.5, 0.6) is 0 Å². The summed E-state index contributed by atoms with van der Waals surface area (Å²) in [7, 11) is 1.45. The van der Waals surface area contributed by atoms with E-state index in [1.807, 2.05) is 0 Å². The van der Waals surface area contributed by atoms with E-state index >= 15 is 0 Å². The minimum Gasteiger partial charge on any atom is -0.320 e. The molecule has 0 radical (unpaired) electrons. The van der Waals surface area contributed by atoms with Crippen LogP contribution in [0.25, 0.3) is 0 Å². The summed E-state index contributed by atoms with van der Waals surface area (Å²) >= 11 is 11.7. The van der Waals surface area contributed by atoms with Gasteiger partial charge in [-0.3, -0.25) is 9.80 Å². The van der Waals surface area contributed by atoms with E-state index < -0.39 is 6.04 Å². The number of hydrogen-bond donors (Lipinski definition) is 2. The maximum absolute atomic E-state index is 11.4. The highest BCUT2D eigenvalue weighted by Gasteiger charge is 2.17. The van der Waals surface area contributed by atoms with Gasteiger partial charge in [-0.05, 0) is 24.1 Å². The maximum atomic E-state index is 11.4. The molecular formula is C10H13Cl2N3O. The molecule has 88 valence electrons. The van der Waals surface area contributed by atoms with Gasteiger partial charge < -0.3 is 5.73 Å². The van der Waals surface area contributed by atoms with Crippen LogP contribution in [0.2, 0.25) is 10.0 Å². The summed E-state index contributed by atoms with van der Waals surface area (Å²) in [6.45, 7) is 0. The number of carbonyl (C=O) groups is 1. The van der Waals surface area contributed by atoms with Crippen molar-refractivity contribution in [2.45, 2.75) is 12.5 Å². The van der Waals surface area contributed by atoms with Crippen LogP contribution >= 0.6 is 23.2 Å². The Morgan fingerprint density at radius 1 is 1.50 bits per heavy atom. The average molecular weight is 262 g/mol. The summed E-state index contributed by atoms with van der Waals surface area (Å²) in [5.41, 5.74) is 6.47. The number of likely N-dealkylation sites (N-methyl/N-ethyl adjacent to an activating group) is 1. The van der Waals surface area contributed by atoms with Gasteiger partial charge in [-0.2, -0.15) is 0 Å². The molecule has 0 bridgehead atoms. The molecule has 0 aliphatic carbocycles.